The van der Waals surface area contributed by atoms with E-state index in [1.165, 1.54) is 5.56 Å². The number of nitrogens with zero attached hydrogens (tertiary/aromatic N) is 5. The van der Waals surface area contributed by atoms with Gasteiger partial charge in [0, 0.05) is 24.0 Å². The molecule has 8 heteroatoms. The molecule has 0 radical (unpaired) electrons. The van der Waals surface area contributed by atoms with Crippen LogP contribution in [0.2, 0.25) is 0 Å². The molecule has 0 bridgehead atoms. The lowest BCUT2D eigenvalue weighted by Gasteiger charge is -2.29. The molecule has 0 amide bonds. The van der Waals surface area contributed by atoms with E-state index in [0.717, 1.165) is 46.5 Å². The van der Waals surface area contributed by atoms with Gasteiger partial charge in [-0.3, -0.25) is 9.69 Å². The van der Waals surface area contributed by atoms with Crippen molar-refractivity contribution in [3.05, 3.63) is 111 Å². The molecule has 0 saturated heterocycles. The molecule has 8 nitrogen and oxygen atoms in total. The van der Waals surface area contributed by atoms with E-state index in [0.29, 0.717) is 25.2 Å². The summed E-state index contributed by atoms with van der Waals surface area (Å²) in [4.78, 5) is 18.6. The molecule has 2 aromatic carbocycles. The van der Waals surface area contributed by atoms with Crippen LogP contribution < -0.4 is 5.56 Å². The highest BCUT2D eigenvalue weighted by molar-refractivity contribution is 5.85. The number of H-pyrrole nitrogens is 1. The third-order valence-electron chi connectivity index (χ3n) is 6.97. The lowest BCUT2D eigenvalue weighted by molar-refractivity contribution is 0.148. The largest absolute Gasteiger partial charge is 0.468 e. The van der Waals surface area contributed by atoms with E-state index in [-0.39, 0.29) is 11.6 Å². The minimum Gasteiger partial charge on any atom is -0.468 e. The SMILES string of the molecule is CC[C@@H](c1nnnn1CCc1ccccc1)N(Cc1ccco1)Cc1cc2c(C)ccc(C)c2[nH]c1=O. The average Bonchev–Trinajstić information content (AvgIpc) is 3.59. The van der Waals surface area contributed by atoms with Gasteiger partial charge in [-0.05, 0) is 72.0 Å². The van der Waals surface area contributed by atoms with Gasteiger partial charge in [0.05, 0.1) is 24.4 Å². The number of furan rings is 1. The topological polar surface area (TPSA) is 92.8 Å². The molecule has 5 aromatic rings. The van der Waals surface area contributed by atoms with E-state index in [2.05, 4.69) is 57.5 Å². The Morgan fingerprint density at radius 3 is 2.59 bits per heavy atom. The van der Waals surface area contributed by atoms with Crippen molar-refractivity contribution in [3.63, 3.8) is 0 Å². The van der Waals surface area contributed by atoms with Crippen molar-refractivity contribution < 1.29 is 4.42 Å². The number of aromatic amines is 1. The zero-order chi connectivity index (χ0) is 25.8. The Labute approximate surface area is 215 Å². The van der Waals surface area contributed by atoms with E-state index in [9.17, 15) is 4.79 Å². The van der Waals surface area contributed by atoms with Crippen LogP contribution >= 0.6 is 0 Å². The van der Waals surface area contributed by atoms with Crippen LogP contribution in [0.5, 0.6) is 0 Å². The third-order valence-corrected chi connectivity index (χ3v) is 6.97. The highest BCUT2D eigenvalue weighted by Gasteiger charge is 2.27. The molecular weight excluding hydrogens is 464 g/mol. The first-order valence-corrected chi connectivity index (χ1v) is 12.7. The minimum absolute atomic E-state index is 0.0795. The van der Waals surface area contributed by atoms with E-state index >= 15 is 0 Å². The number of benzene rings is 2. The lowest BCUT2D eigenvalue weighted by Crippen LogP contribution is -2.32. The predicted octanol–water partition coefficient (Wildman–Crippen LogP) is 5.12. The molecule has 0 saturated carbocycles. The number of tetrazole rings is 1. The number of pyridine rings is 1. The maximum Gasteiger partial charge on any atom is 0.252 e. The van der Waals surface area contributed by atoms with Crippen molar-refractivity contribution in [1.29, 1.82) is 0 Å². The Morgan fingerprint density at radius 2 is 1.84 bits per heavy atom. The van der Waals surface area contributed by atoms with Gasteiger partial charge in [0.15, 0.2) is 5.82 Å². The van der Waals surface area contributed by atoms with Gasteiger partial charge in [0.1, 0.15) is 5.76 Å². The summed E-state index contributed by atoms with van der Waals surface area (Å²) in [7, 11) is 0. The second-order valence-electron chi connectivity index (χ2n) is 9.52. The molecular formula is C29H32N6O2. The smallest absolute Gasteiger partial charge is 0.252 e. The molecule has 1 N–H and O–H groups in total. The van der Waals surface area contributed by atoms with Gasteiger partial charge in [-0.1, -0.05) is 49.4 Å². The third kappa shape index (κ3) is 5.39. The Balaban J connectivity index is 1.48. The second kappa shape index (κ2) is 10.9. The first-order chi connectivity index (χ1) is 18.0. The number of hydrogen-bond acceptors (Lipinski definition) is 6. The van der Waals surface area contributed by atoms with Gasteiger partial charge >= 0.3 is 0 Å². The van der Waals surface area contributed by atoms with Crippen LogP contribution in [-0.2, 0) is 26.1 Å². The zero-order valence-corrected chi connectivity index (χ0v) is 21.5. The average molecular weight is 497 g/mol. The fraction of sp³-hybridized carbons (Fsp3) is 0.310. The van der Waals surface area contributed by atoms with Crippen molar-refractivity contribution in [3.8, 4) is 0 Å². The van der Waals surface area contributed by atoms with E-state index in [1.54, 1.807) is 6.26 Å². The molecule has 0 unspecified atom stereocenters. The highest BCUT2D eigenvalue weighted by atomic mass is 16.3. The molecule has 0 aliphatic heterocycles. The van der Waals surface area contributed by atoms with Crippen LogP contribution in [0.1, 0.15) is 53.2 Å². The van der Waals surface area contributed by atoms with Gasteiger partial charge in [0.2, 0.25) is 0 Å². The number of fused-ring (bicyclic) bond motifs is 1. The molecule has 190 valence electrons. The van der Waals surface area contributed by atoms with Gasteiger partial charge in [-0.2, -0.15) is 0 Å². The quantitative estimate of drug-likeness (QED) is 0.288. The number of nitrogens with one attached hydrogen (secondary N) is 1. The van der Waals surface area contributed by atoms with E-state index in [4.69, 9.17) is 4.42 Å². The zero-order valence-electron chi connectivity index (χ0n) is 21.5. The van der Waals surface area contributed by atoms with Crippen molar-refractivity contribution in [1.82, 2.24) is 30.1 Å². The molecule has 0 fully saturated rings. The monoisotopic (exact) mass is 496 g/mol. The summed E-state index contributed by atoms with van der Waals surface area (Å²) in [6.07, 6.45) is 3.28. The Morgan fingerprint density at radius 1 is 1.03 bits per heavy atom. The van der Waals surface area contributed by atoms with Crippen molar-refractivity contribution in [2.45, 2.75) is 59.3 Å². The number of hydrogen-bond donors (Lipinski definition) is 1. The van der Waals surface area contributed by atoms with Gasteiger partial charge in [0.25, 0.3) is 5.56 Å². The summed E-state index contributed by atoms with van der Waals surface area (Å²) in [6.45, 7) is 7.84. The fourth-order valence-corrected chi connectivity index (χ4v) is 4.93. The Bertz CT molecular complexity index is 1520. The molecule has 0 spiro atoms. The van der Waals surface area contributed by atoms with Crippen molar-refractivity contribution in [2.24, 2.45) is 0 Å². The fourth-order valence-electron chi connectivity index (χ4n) is 4.93. The van der Waals surface area contributed by atoms with E-state index in [1.807, 2.05) is 54.1 Å². The van der Waals surface area contributed by atoms with Crippen LogP contribution in [0.3, 0.4) is 0 Å². The van der Waals surface area contributed by atoms with E-state index < -0.39 is 0 Å². The minimum atomic E-state index is -0.107. The van der Waals surface area contributed by atoms with Gasteiger partial charge < -0.3 is 9.40 Å². The molecule has 0 aliphatic carbocycles. The van der Waals surface area contributed by atoms with Crippen molar-refractivity contribution in [2.75, 3.05) is 0 Å². The summed E-state index contributed by atoms with van der Waals surface area (Å²) >= 11 is 0. The van der Waals surface area contributed by atoms with Gasteiger partial charge in [-0.15, -0.1) is 5.10 Å². The summed E-state index contributed by atoms with van der Waals surface area (Å²) < 4.78 is 7.58. The summed E-state index contributed by atoms with van der Waals surface area (Å²) in [5.41, 5.74) is 4.94. The first-order valence-electron chi connectivity index (χ1n) is 12.7. The summed E-state index contributed by atoms with van der Waals surface area (Å²) in [5, 5.41) is 13.8. The van der Waals surface area contributed by atoms with Crippen LogP contribution in [0.15, 0.2) is 76.1 Å². The molecule has 3 aromatic heterocycles. The number of aromatic nitrogens is 5. The standard InChI is InChI=1S/C29H32N6O2/c1-4-26(28-31-32-33-35(28)15-14-22-9-6-5-7-10-22)34(19-24-11-8-16-37-24)18-23-17-25-20(2)12-13-21(3)27(25)30-29(23)36/h5-13,16-17,26H,4,14-15,18-19H2,1-3H3,(H,30,36)/t26-/m0/s1. The maximum atomic E-state index is 13.2. The van der Waals surface area contributed by atoms with Crippen LogP contribution in [0.4, 0.5) is 0 Å². The van der Waals surface area contributed by atoms with Crippen molar-refractivity contribution >= 4 is 10.9 Å². The molecule has 3 heterocycles. The van der Waals surface area contributed by atoms with Crippen LogP contribution in [0, 0.1) is 13.8 Å². The first kappa shape index (κ1) is 24.6. The molecule has 0 aliphatic rings. The molecule has 37 heavy (non-hydrogen) atoms. The lowest BCUT2D eigenvalue weighted by atomic mass is 10.0. The second-order valence-corrected chi connectivity index (χ2v) is 9.52. The van der Waals surface area contributed by atoms with Crippen LogP contribution in [-0.4, -0.2) is 30.1 Å². The summed E-state index contributed by atoms with van der Waals surface area (Å²) in [6, 6.07) is 20.2. The van der Waals surface area contributed by atoms with Gasteiger partial charge in [-0.25, -0.2) is 4.68 Å². The number of aryl methyl sites for hydroxylation is 4. The normalized spacial score (nSPS) is 12.4. The predicted molar refractivity (Wildman–Crippen MR) is 143 cm³/mol. The van der Waals surface area contributed by atoms with Crippen LogP contribution in [0.25, 0.3) is 10.9 Å². The maximum absolute atomic E-state index is 13.2. The summed E-state index contributed by atoms with van der Waals surface area (Å²) in [5.74, 6) is 1.61. The molecule has 5 rings (SSSR count). The Kier molecular flexibility index (Phi) is 7.28. The highest BCUT2D eigenvalue weighted by Crippen LogP contribution is 2.27. The number of rotatable bonds is 10. The molecule has 1 atom stereocenters. The Hall–Kier alpha value is -4.04.